The van der Waals surface area contributed by atoms with E-state index >= 15 is 0 Å². The van der Waals surface area contributed by atoms with E-state index in [0.29, 0.717) is 12.2 Å². The molecule has 0 aliphatic heterocycles. The normalized spacial score (nSPS) is 20.0. The second-order valence-electron chi connectivity index (χ2n) is 5.08. The predicted octanol–water partition coefficient (Wildman–Crippen LogP) is 2.81. The van der Waals surface area contributed by atoms with Gasteiger partial charge in [-0.3, -0.25) is 9.20 Å². The molecule has 1 aliphatic rings. The number of nitrogens with zero attached hydrogens (tertiary/aromatic N) is 3. The van der Waals surface area contributed by atoms with Crippen molar-refractivity contribution in [3.63, 3.8) is 0 Å². The first-order valence-corrected chi connectivity index (χ1v) is 7.72. The minimum absolute atomic E-state index is 0.0383. The summed E-state index contributed by atoms with van der Waals surface area (Å²) in [5.41, 5.74) is 1.97. The molecule has 1 saturated carbocycles. The van der Waals surface area contributed by atoms with Crippen LogP contribution < -0.4 is 0 Å². The van der Waals surface area contributed by atoms with Crippen LogP contribution in [0.3, 0.4) is 0 Å². The number of ketones is 1. The summed E-state index contributed by atoms with van der Waals surface area (Å²) in [7, 11) is 0. The second kappa shape index (κ2) is 4.63. The van der Waals surface area contributed by atoms with Crippen molar-refractivity contribution in [2.75, 3.05) is 0 Å². The quantitative estimate of drug-likeness (QED) is 0.787. The van der Waals surface area contributed by atoms with Crippen molar-refractivity contribution in [3.8, 4) is 0 Å². The smallest absolute Gasteiger partial charge is 0.231 e. The van der Waals surface area contributed by atoms with E-state index in [1.54, 1.807) is 11.8 Å². The number of nitrogens with one attached hydrogen (secondary N) is 1. The lowest BCUT2D eigenvalue weighted by Gasteiger charge is -2.18. The van der Waals surface area contributed by atoms with E-state index in [9.17, 15) is 4.79 Å². The Kier molecular flexibility index (Phi) is 2.77. The lowest BCUT2D eigenvalue weighted by Crippen LogP contribution is -2.21. The minimum atomic E-state index is 0.0383. The number of H-pyrrole nitrogens is 1. The van der Waals surface area contributed by atoms with Crippen LogP contribution in [0.2, 0.25) is 0 Å². The van der Waals surface area contributed by atoms with E-state index in [1.807, 2.05) is 28.7 Å². The van der Waals surface area contributed by atoms with Crippen LogP contribution in [-0.2, 0) is 4.79 Å². The molecular weight excluding hydrogens is 272 g/mol. The Morgan fingerprint density at radius 2 is 2.20 bits per heavy atom. The number of thioether (sulfide) groups is 1. The average Bonchev–Trinajstić information content (AvgIpc) is 3.01. The maximum atomic E-state index is 12.0. The largest absolute Gasteiger partial charge is 0.298 e. The summed E-state index contributed by atoms with van der Waals surface area (Å²) in [5, 5.41) is 8.14. The van der Waals surface area contributed by atoms with Gasteiger partial charge in [0.15, 0.2) is 5.16 Å². The number of carbonyl (C=O) groups excluding carboxylic acids is 1. The molecule has 2 aromatic heterocycles. The number of hydrogen-bond donors (Lipinski definition) is 1. The highest BCUT2D eigenvalue weighted by Gasteiger charge is 2.25. The summed E-state index contributed by atoms with van der Waals surface area (Å²) in [6.07, 6.45) is 3.81. The molecule has 0 bridgehead atoms. The van der Waals surface area contributed by atoms with E-state index in [4.69, 9.17) is 0 Å². The minimum Gasteiger partial charge on any atom is -0.298 e. The Morgan fingerprint density at radius 3 is 3.10 bits per heavy atom. The summed E-state index contributed by atoms with van der Waals surface area (Å²) in [6.45, 7) is 0. The van der Waals surface area contributed by atoms with Crippen LogP contribution in [0.15, 0.2) is 29.4 Å². The van der Waals surface area contributed by atoms with Crippen molar-refractivity contribution >= 4 is 34.4 Å². The Balaban J connectivity index is 1.77. The second-order valence-corrected chi connectivity index (χ2v) is 6.25. The van der Waals surface area contributed by atoms with Gasteiger partial charge in [0.25, 0.3) is 0 Å². The van der Waals surface area contributed by atoms with Crippen LogP contribution in [0.1, 0.15) is 25.7 Å². The molecule has 4 rings (SSSR count). The number of fused-ring (bicyclic) bond motifs is 3. The molecule has 0 radical (unpaired) electrons. The number of carbonyl (C=O) groups is 1. The van der Waals surface area contributed by atoms with Crippen molar-refractivity contribution < 1.29 is 4.79 Å². The number of hydrogen-bond acceptors (Lipinski definition) is 4. The highest BCUT2D eigenvalue weighted by molar-refractivity contribution is 8.00. The fourth-order valence-corrected chi connectivity index (χ4v) is 3.90. The monoisotopic (exact) mass is 286 g/mol. The van der Waals surface area contributed by atoms with Crippen LogP contribution in [0, 0.1) is 0 Å². The fraction of sp³-hybridized carbons (Fsp3) is 0.357. The third kappa shape index (κ3) is 1.83. The maximum absolute atomic E-state index is 12.0. The molecule has 0 spiro atoms. The van der Waals surface area contributed by atoms with Gasteiger partial charge in [0.05, 0.1) is 16.3 Å². The topological polar surface area (TPSA) is 63.0 Å². The van der Waals surface area contributed by atoms with Gasteiger partial charge in [0.1, 0.15) is 5.78 Å². The van der Waals surface area contributed by atoms with E-state index in [-0.39, 0.29) is 5.25 Å². The summed E-state index contributed by atoms with van der Waals surface area (Å²) in [6, 6.07) is 7.97. The first-order valence-electron chi connectivity index (χ1n) is 6.84. The van der Waals surface area contributed by atoms with Crippen molar-refractivity contribution in [2.24, 2.45) is 0 Å². The molecule has 0 amide bonds. The van der Waals surface area contributed by atoms with Crippen molar-refractivity contribution in [3.05, 3.63) is 24.3 Å². The zero-order valence-corrected chi connectivity index (χ0v) is 11.7. The molecule has 1 N–H and O–H groups in total. The molecule has 102 valence electrons. The van der Waals surface area contributed by atoms with E-state index in [0.717, 1.165) is 41.2 Å². The van der Waals surface area contributed by atoms with Gasteiger partial charge < -0.3 is 0 Å². The summed E-state index contributed by atoms with van der Waals surface area (Å²) < 4.78 is 2.00. The molecule has 1 aliphatic carbocycles. The van der Waals surface area contributed by atoms with Gasteiger partial charge in [-0.2, -0.15) is 0 Å². The molecule has 3 aromatic rings. The summed E-state index contributed by atoms with van der Waals surface area (Å²) in [4.78, 5) is 16.5. The van der Waals surface area contributed by atoms with Crippen LogP contribution >= 0.6 is 11.8 Å². The molecule has 1 aromatic carbocycles. The molecule has 6 heteroatoms. The molecule has 5 nitrogen and oxygen atoms in total. The number of para-hydroxylation sites is 2. The number of benzene rings is 1. The van der Waals surface area contributed by atoms with E-state index in [1.165, 1.54) is 0 Å². The lowest BCUT2D eigenvalue weighted by molar-refractivity contribution is -0.119. The number of aromatic amines is 1. The number of rotatable bonds is 2. The number of Topliss-reactive ketones (excluding diaryl/α,β-unsaturated/α-hetero) is 1. The molecule has 2 heterocycles. The summed E-state index contributed by atoms with van der Waals surface area (Å²) in [5.74, 6) is 1.08. The highest BCUT2D eigenvalue weighted by Crippen LogP contribution is 2.32. The molecule has 0 unspecified atom stereocenters. The molecule has 1 fully saturated rings. The zero-order chi connectivity index (χ0) is 13.5. The van der Waals surface area contributed by atoms with Crippen molar-refractivity contribution in [1.29, 1.82) is 0 Å². The maximum Gasteiger partial charge on any atom is 0.231 e. The van der Waals surface area contributed by atoms with Gasteiger partial charge in [-0.1, -0.05) is 30.3 Å². The molecule has 0 saturated heterocycles. The first-order chi connectivity index (χ1) is 9.83. The lowest BCUT2D eigenvalue weighted by atomic mass is 9.99. The van der Waals surface area contributed by atoms with Crippen LogP contribution in [0.25, 0.3) is 16.8 Å². The predicted molar refractivity (Wildman–Crippen MR) is 78.0 cm³/mol. The van der Waals surface area contributed by atoms with Gasteiger partial charge in [-0.25, -0.2) is 10.1 Å². The Labute approximate surface area is 119 Å². The zero-order valence-electron chi connectivity index (χ0n) is 10.9. The van der Waals surface area contributed by atoms with Gasteiger partial charge in [-0.15, -0.1) is 5.10 Å². The van der Waals surface area contributed by atoms with Crippen LogP contribution in [0.5, 0.6) is 0 Å². The summed E-state index contributed by atoms with van der Waals surface area (Å²) >= 11 is 1.56. The van der Waals surface area contributed by atoms with Gasteiger partial charge in [0, 0.05) is 6.42 Å². The van der Waals surface area contributed by atoms with Crippen molar-refractivity contribution in [2.45, 2.75) is 36.1 Å². The SMILES string of the molecule is O=C1CCCC[C@H]1Sc1n[nH]c2nc3ccccc3n12. The Morgan fingerprint density at radius 1 is 1.30 bits per heavy atom. The molecular formula is C14H14N4OS. The van der Waals surface area contributed by atoms with Crippen molar-refractivity contribution in [1.82, 2.24) is 19.6 Å². The highest BCUT2D eigenvalue weighted by atomic mass is 32.2. The number of imidazole rings is 1. The van der Waals surface area contributed by atoms with E-state index in [2.05, 4.69) is 15.2 Å². The van der Waals surface area contributed by atoms with Gasteiger partial charge in [0.2, 0.25) is 5.78 Å². The molecule has 20 heavy (non-hydrogen) atoms. The Bertz CT molecular complexity index is 791. The fourth-order valence-electron chi connectivity index (χ4n) is 2.72. The number of aromatic nitrogens is 4. The first kappa shape index (κ1) is 12.0. The third-order valence-electron chi connectivity index (χ3n) is 3.75. The molecule has 1 atom stereocenters. The standard InChI is InChI=1S/C14H14N4OS/c19-11-7-3-4-8-12(11)20-14-17-16-13-15-9-5-1-2-6-10(9)18(13)14/h1-2,5-6,12H,3-4,7-8H2,(H,15,16)/t12-/m1/s1. The van der Waals surface area contributed by atoms with Crippen LogP contribution in [0.4, 0.5) is 0 Å². The van der Waals surface area contributed by atoms with Gasteiger partial charge in [-0.05, 0) is 25.0 Å². The van der Waals surface area contributed by atoms with Gasteiger partial charge >= 0.3 is 0 Å². The third-order valence-corrected chi connectivity index (χ3v) is 5.02. The van der Waals surface area contributed by atoms with Crippen LogP contribution in [-0.4, -0.2) is 30.6 Å². The van der Waals surface area contributed by atoms with E-state index < -0.39 is 0 Å². The Hall–Kier alpha value is -1.82. The average molecular weight is 286 g/mol.